The Bertz CT molecular complexity index is 3530. The van der Waals surface area contributed by atoms with Crippen LogP contribution in [0.25, 0.3) is 87.7 Å². The maximum Gasteiger partial charge on any atom is 0.164 e. The molecule has 230 valence electrons. The Labute approximate surface area is 314 Å². The molecule has 0 amide bonds. The number of thiophene rings is 1. The summed E-state index contributed by atoms with van der Waals surface area (Å²) in [6, 6.07) is 6.74. The molecule has 0 saturated carbocycles. The number of benzene rings is 7. The van der Waals surface area contributed by atoms with Crippen molar-refractivity contribution in [3.05, 3.63) is 175 Å². The van der Waals surface area contributed by atoms with E-state index in [4.69, 9.17) is 20.6 Å². The van der Waals surface area contributed by atoms with Gasteiger partial charge in [0.2, 0.25) is 0 Å². The third kappa shape index (κ3) is 5.48. The van der Waals surface area contributed by atoms with E-state index >= 15 is 0 Å². The topological polar surface area (TPSA) is 38.7 Å². The molecule has 0 aliphatic rings. The average molecular weight is 662 g/mol. The lowest BCUT2D eigenvalue weighted by atomic mass is 9.98. The molecule has 0 bridgehead atoms. The van der Waals surface area contributed by atoms with Crippen LogP contribution in [-0.2, 0) is 0 Å². The minimum absolute atomic E-state index is 0.0532. The zero-order chi connectivity index (χ0) is 48.2. The van der Waals surface area contributed by atoms with Crippen molar-refractivity contribution in [2.24, 2.45) is 0 Å². The molecule has 7 aromatic carbocycles. The summed E-state index contributed by atoms with van der Waals surface area (Å²) in [6.45, 7) is 0. The summed E-state index contributed by atoms with van der Waals surface area (Å²) in [7, 11) is 0. The summed E-state index contributed by atoms with van der Waals surface area (Å²) in [4.78, 5) is 14.0. The van der Waals surface area contributed by atoms with Gasteiger partial charge in [0.05, 0.1) is 24.7 Å². The van der Waals surface area contributed by atoms with E-state index in [-0.39, 0.29) is 59.9 Å². The summed E-state index contributed by atoms with van der Waals surface area (Å²) in [5.41, 5.74) is -1.41. The Morgan fingerprint density at radius 1 is 0.367 bits per heavy atom. The molecule has 0 spiro atoms. The van der Waals surface area contributed by atoms with Crippen LogP contribution in [0.2, 0.25) is 0 Å². The van der Waals surface area contributed by atoms with E-state index in [2.05, 4.69) is 15.0 Å². The normalized spacial score (nSPS) is 16.4. The fourth-order valence-electron chi connectivity index (χ4n) is 5.31. The summed E-state index contributed by atoms with van der Waals surface area (Å²) in [5, 5.41) is -0.364. The smallest absolute Gasteiger partial charge is 0.164 e. The van der Waals surface area contributed by atoms with Crippen LogP contribution in [-0.4, -0.2) is 15.0 Å². The lowest BCUT2D eigenvalue weighted by Gasteiger charge is -2.10. The highest BCUT2D eigenvalue weighted by Gasteiger charge is 2.16. The Morgan fingerprint density at radius 3 is 1.49 bits per heavy atom. The minimum Gasteiger partial charge on any atom is -0.208 e. The molecular formula is C45H29N3S. The van der Waals surface area contributed by atoms with Crippen LogP contribution in [0.5, 0.6) is 0 Å². The first kappa shape index (κ1) is 15.8. The van der Waals surface area contributed by atoms with E-state index in [9.17, 15) is 4.11 Å². The zero-order valence-corrected chi connectivity index (χ0v) is 25.9. The van der Waals surface area contributed by atoms with Gasteiger partial charge in [-0.15, -0.1) is 11.3 Å². The molecule has 0 atom stereocenters. The van der Waals surface area contributed by atoms with Crippen LogP contribution in [0.1, 0.15) is 24.7 Å². The van der Waals surface area contributed by atoms with E-state index in [0.717, 1.165) is 17.4 Å². The first-order valence-electron chi connectivity index (χ1n) is 23.9. The second-order valence-corrected chi connectivity index (χ2v) is 11.6. The molecule has 0 aliphatic heterocycles. The molecule has 9 rings (SSSR count). The van der Waals surface area contributed by atoms with Crippen molar-refractivity contribution >= 4 is 31.5 Å². The Morgan fingerprint density at radius 2 is 0.857 bits per heavy atom. The Balaban J connectivity index is 1.36. The standard InChI is InChI=1S/C45H29N3S/c1-4-13-30(14-5-1)31-25-27-32(28-26-31)37-21-11-23-39-40-24-12-22-38(42(40)49-41(37)39)35-19-10-20-36(29-35)45-47-43(33-15-6-2-7-16-33)46-44(48-45)34-17-8-3-9-18-34/h1-29H/i1D,4D,5D,10D,11D,12D,13D,14D,19D,20D,21D,22D,23D,24D,25D,26D,27D,29D. The van der Waals surface area contributed by atoms with Gasteiger partial charge in [-0.1, -0.05) is 169 Å². The van der Waals surface area contributed by atoms with Crippen molar-refractivity contribution in [2.45, 2.75) is 0 Å². The van der Waals surface area contributed by atoms with Crippen molar-refractivity contribution in [1.82, 2.24) is 15.0 Å². The molecule has 2 aromatic heterocycles. The van der Waals surface area contributed by atoms with E-state index < -0.39 is 125 Å². The number of aromatic nitrogens is 3. The maximum absolute atomic E-state index is 9.67. The van der Waals surface area contributed by atoms with Crippen molar-refractivity contribution in [1.29, 1.82) is 0 Å². The molecule has 0 unspecified atom stereocenters. The van der Waals surface area contributed by atoms with E-state index in [1.165, 1.54) is 0 Å². The summed E-state index contributed by atoms with van der Waals surface area (Å²) in [6.07, 6.45) is 0. The van der Waals surface area contributed by atoms with Gasteiger partial charge in [0.25, 0.3) is 0 Å². The van der Waals surface area contributed by atoms with Gasteiger partial charge in [-0.05, 0) is 39.4 Å². The van der Waals surface area contributed by atoms with Crippen molar-refractivity contribution < 1.29 is 24.7 Å². The fourth-order valence-corrected chi connectivity index (χ4v) is 6.54. The molecule has 0 aliphatic carbocycles. The van der Waals surface area contributed by atoms with Crippen molar-refractivity contribution in [3.63, 3.8) is 0 Å². The van der Waals surface area contributed by atoms with Gasteiger partial charge in [0.1, 0.15) is 0 Å². The highest BCUT2D eigenvalue weighted by molar-refractivity contribution is 7.26. The van der Waals surface area contributed by atoms with Crippen LogP contribution >= 0.6 is 11.3 Å². The van der Waals surface area contributed by atoms with Gasteiger partial charge in [-0.3, -0.25) is 0 Å². The molecule has 4 heteroatoms. The molecule has 0 saturated heterocycles. The first-order chi connectivity index (χ1) is 31.8. The summed E-state index contributed by atoms with van der Waals surface area (Å²) < 4.78 is 160. The van der Waals surface area contributed by atoms with Crippen LogP contribution in [0.3, 0.4) is 0 Å². The maximum atomic E-state index is 9.67. The van der Waals surface area contributed by atoms with E-state index in [0.29, 0.717) is 11.1 Å². The van der Waals surface area contributed by atoms with E-state index in [1.807, 2.05) is 0 Å². The average Bonchev–Trinajstić information content (AvgIpc) is 3.72. The quantitative estimate of drug-likeness (QED) is 0.178. The van der Waals surface area contributed by atoms with Crippen LogP contribution < -0.4 is 0 Å². The highest BCUT2D eigenvalue weighted by atomic mass is 32.1. The minimum atomic E-state index is -0.743. The number of hydrogen-bond acceptors (Lipinski definition) is 4. The number of fused-ring (bicyclic) bond motifs is 3. The summed E-state index contributed by atoms with van der Waals surface area (Å²) in [5.74, 6) is 0.128. The molecule has 0 radical (unpaired) electrons. The Hall–Kier alpha value is -6.23. The zero-order valence-electron chi connectivity index (χ0n) is 43.1. The molecule has 9 aromatic rings. The third-order valence-corrected chi connectivity index (χ3v) is 8.84. The molecule has 3 nitrogen and oxygen atoms in total. The van der Waals surface area contributed by atoms with Gasteiger partial charge in [-0.25, -0.2) is 15.0 Å². The SMILES string of the molecule is [2H]c1cc(-c2c([2H])c([2H])c([2H])c3c2sc2c(-c4c([2H])c([2H])c([2H])c(-c5nc(-c6ccccc6)nc(-c6ccccc6)n5)c4[2H])c([2H])c([2H])c([2H])c23)c([2H])c([2H])c1-c1c([2H])c([2H])c([2H])c([2H])c1[2H]. The van der Waals surface area contributed by atoms with Gasteiger partial charge in [0.15, 0.2) is 17.5 Å². The second-order valence-electron chi connectivity index (χ2n) is 10.6. The van der Waals surface area contributed by atoms with Gasteiger partial charge >= 0.3 is 0 Å². The number of rotatable bonds is 6. The number of hydrogen-bond donors (Lipinski definition) is 0. The molecule has 2 heterocycles. The number of nitrogens with zero attached hydrogens (tertiary/aromatic N) is 3. The highest BCUT2D eigenvalue weighted by Crippen LogP contribution is 2.44. The van der Waals surface area contributed by atoms with Gasteiger partial charge in [-0.2, -0.15) is 0 Å². The molecular weight excluding hydrogens is 615 g/mol. The lowest BCUT2D eigenvalue weighted by molar-refractivity contribution is 1.07. The largest absolute Gasteiger partial charge is 0.208 e. The molecule has 0 N–H and O–H groups in total. The van der Waals surface area contributed by atoms with Crippen LogP contribution in [0, 0.1) is 0 Å². The van der Waals surface area contributed by atoms with Crippen LogP contribution in [0.15, 0.2) is 175 Å². The Kier molecular flexibility index (Phi) is 4.00. The van der Waals surface area contributed by atoms with E-state index in [1.54, 1.807) is 60.7 Å². The summed E-state index contributed by atoms with van der Waals surface area (Å²) >= 11 is 0.740. The van der Waals surface area contributed by atoms with Crippen molar-refractivity contribution in [2.75, 3.05) is 0 Å². The second kappa shape index (κ2) is 12.4. The monoisotopic (exact) mass is 661 g/mol. The lowest BCUT2D eigenvalue weighted by Crippen LogP contribution is -2.00. The van der Waals surface area contributed by atoms with Crippen LogP contribution in [0.4, 0.5) is 0 Å². The predicted octanol–water partition coefficient (Wildman–Crippen LogP) is 12.2. The fraction of sp³-hybridized carbons (Fsp3) is 0. The molecule has 0 fully saturated rings. The van der Waals surface area contributed by atoms with Gasteiger partial charge < -0.3 is 0 Å². The first-order valence-corrected chi connectivity index (χ1v) is 15.7. The third-order valence-electron chi connectivity index (χ3n) is 7.61. The van der Waals surface area contributed by atoms with Crippen molar-refractivity contribution in [3.8, 4) is 67.5 Å². The molecule has 49 heavy (non-hydrogen) atoms. The predicted molar refractivity (Wildman–Crippen MR) is 205 cm³/mol. The van der Waals surface area contributed by atoms with Gasteiger partial charge in [0, 0.05) is 36.9 Å².